The van der Waals surface area contributed by atoms with Crippen LogP contribution in [0.5, 0.6) is 0 Å². The zero-order valence-electron chi connectivity index (χ0n) is 13.9. The Morgan fingerprint density at radius 3 is 2.60 bits per heavy atom. The summed E-state index contributed by atoms with van der Waals surface area (Å²) < 4.78 is 39.7. The van der Waals surface area contributed by atoms with Gasteiger partial charge in [-0.25, -0.2) is 0 Å². The molecular weight excluding hydrogens is 333 g/mol. The first kappa shape index (κ1) is 17.6. The molecule has 0 bridgehead atoms. The Balaban J connectivity index is 1.98. The molecule has 1 saturated heterocycles. The van der Waals surface area contributed by atoms with Crippen LogP contribution in [0, 0.1) is 0 Å². The molecule has 2 aromatic rings. The van der Waals surface area contributed by atoms with Crippen molar-refractivity contribution in [2.75, 3.05) is 25.5 Å². The Morgan fingerprint density at radius 1 is 1.32 bits per heavy atom. The number of aromatic nitrogens is 1. The third-order valence-corrected chi connectivity index (χ3v) is 4.61. The maximum Gasteiger partial charge on any atom is 0.406 e. The van der Waals surface area contributed by atoms with Crippen LogP contribution >= 0.6 is 0 Å². The van der Waals surface area contributed by atoms with Crippen LogP contribution in [0.4, 0.5) is 18.9 Å². The van der Waals surface area contributed by atoms with E-state index in [0.29, 0.717) is 10.9 Å². The molecule has 1 aliphatic rings. The Labute approximate surface area is 143 Å². The fourth-order valence-electron chi connectivity index (χ4n) is 3.34. The highest BCUT2D eigenvalue weighted by Crippen LogP contribution is 2.31. The number of carbonyl (C=O) groups excluding carboxylic acids is 1. The molecule has 3 rings (SSSR count). The van der Waals surface area contributed by atoms with Gasteiger partial charge in [-0.05, 0) is 51.2 Å². The number of fused-ring (bicyclic) bond motifs is 1. The average molecular weight is 354 g/mol. The van der Waals surface area contributed by atoms with Crippen molar-refractivity contribution in [2.45, 2.75) is 31.6 Å². The van der Waals surface area contributed by atoms with Crippen LogP contribution in [-0.4, -0.2) is 47.7 Å². The van der Waals surface area contributed by atoms with E-state index in [4.69, 9.17) is 5.73 Å². The third-order valence-electron chi connectivity index (χ3n) is 4.61. The van der Waals surface area contributed by atoms with Crippen molar-refractivity contribution in [3.8, 4) is 0 Å². The summed E-state index contributed by atoms with van der Waals surface area (Å²) in [5, 5.41) is 4.00. The molecule has 1 aromatic heterocycles. The number of anilines is 1. The molecule has 0 aliphatic carbocycles. The predicted octanol–water partition coefficient (Wildman–Crippen LogP) is 2.81. The Kier molecular flexibility index (Phi) is 4.64. The molecule has 1 aromatic carbocycles. The number of nitrogens with two attached hydrogens (primary N) is 1. The number of carbonyl (C=O) groups is 1. The standard InChI is InChI=1S/C17H21F3N4O/c1-23-7-5-11(6-8-23)22-13-3-2-4-14-12(13)9-15(16(21)25)24(14)10-17(18,19)20/h2-4,9,11,22H,5-8,10H2,1H3,(H2,21,25). The number of nitrogens with one attached hydrogen (secondary N) is 1. The molecule has 1 aliphatic heterocycles. The van der Waals surface area contributed by atoms with E-state index in [1.54, 1.807) is 12.1 Å². The summed E-state index contributed by atoms with van der Waals surface area (Å²) in [5.41, 5.74) is 6.24. The molecule has 2 heterocycles. The maximum atomic E-state index is 12.9. The minimum Gasteiger partial charge on any atom is -0.382 e. The van der Waals surface area contributed by atoms with Gasteiger partial charge in [0, 0.05) is 17.1 Å². The largest absolute Gasteiger partial charge is 0.406 e. The molecule has 0 spiro atoms. The van der Waals surface area contributed by atoms with Crippen LogP contribution in [0.1, 0.15) is 23.3 Å². The normalized spacial score (nSPS) is 17.1. The number of benzene rings is 1. The Bertz CT molecular complexity index is 776. The van der Waals surface area contributed by atoms with Crippen LogP contribution in [0.3, 0.4) is 0 Å². The average Bonchev–Trinajstić information content (AvgIpc) is 2.88. The van der Waals surface area contributed by atoms with Gasteiger partial charge in [0.2, 0.25) is 0 Å². The maximum absolute atomic E-state index is 12.9. The number of piperidine rings is 1. The SMILES string of the molecule is CN1CCC(Nc2cccc3c2cc(C(N)=O)n3CC(F)(F)F)CC1. The second kappa shape index (κ2) is 6.59. The van der Waals surface area contributed by atoms with Crippen molar-refractivity contribution in [1.29, 1.82) is 0 Å². The lowest BCUT2D eigenvalue weighted by Gasteiger charge is -2.30. The van der Waals surface area contributed by atoms with Gasteiger partial charge in [0.25, 0.3) is 5.91 Å². The van der Waals surface area contributed by atoms with Crippen molar-refractivity contribution < 1.29 is 18.0 Å². The lowest BCUT2D eigenvalue weighted by atomic mass is 10.0. The quantitative estimate of drug-likeness (QED) is 0.887. The fourth-order valence-corrected chi connectivity index (χ4v) is 3.34. The number of nitrogens with zero attached hydrogens (tertiary/aromatic N) is 2. The zero-order valence-corrected chi connectivity index (χ0v) is 13.9. The van der Waals surface area contributed by atoms with Gasteiger partial charge in [-0.1, -0.05) is 6.07 Å². The zero-order chi connectivity index (χ0) is 18.2. The first-order chi connectivity index (χ1) is 11.7. The van der Waals surface area contributed by atoms with Gasteiger partial charge >= 0.3 is 6.18 Å². The van der Waals surface area contributed by atoms with Crippen LogP contribution in [-0.2, 0) is 6.54 Å². The van der Waals surface area contributed by atoms with E-state index in [1.807, 2.05) is 6.07 Å². The van der Waals surface area contributed by atoms with Crippen LogP contribution in [0.15, 0.2) is 24.3 Å². The summed E-state index contributed by atoms with van der Waals surface area (Å²) >= 11 is 0. The lowest BCUT2D eigenvalue weighted by Crippen LogP contribution is -2.36. The highest BCUT2D eigenvalue weighted by molar-refractivity contribution is 6.02. The van der Waals surface area contributed by atoms with E-state index in [9.17, 15) is 18.0 Å². The smallest absolute Gasteiger partial charge is 0.382 e. The molecular formula is C17H21F3N4O. The third kappa shape index (κ3) is 3.89. The van der Waals surface area contributed by atoms with Crippen molar-refractivity contribution >= 4 is 22.5 Å². The number of amides is 1. The molecule has 136 valence electrons. The monoisotopic (exact) mass is 354 g/mol. The molecule has 0 atom stereocenters. The molecule has 0 saturated carbocycles. The van der Waals surface area contributed by atoms with E-state index < -0.39 is 18.6 Å². The summed E-state index contributed by atoms with van der Waals surface area (Å²) in [6, 6.07) is 6.79. The van der Waals surface area contributed by atoms with E-state index >= 15 is 0 Å². The summed E-state index contributed by atoms with van der Waals surface area (Å²) in [6.07, 6.45) is -2.52. The summed E-state index contributed by atoms with van der Waals surface area (Å²) in [7, 11) is 2.06. The second-order valence-electron chi connectivity index (χ2n) is 6.56. The number of primary amides is 1. The van der Waals surface area contributed by atoms with Crippen LogP contribution in [0.25, 0.3) is 10.9 Å². The highest BCUT2D eigenvalue weighted by Gasteiger charge is 2.31. The van der Waals surface area contributed by atoms with Crippen LogP contribution in [0.2, 0.25) is 0 Å². The molecule has 3 N–H and O–H groups in total. The van der Waals surface area contributed by atoms with E-state index in [0.717, 1.165) is 36.2 Å². The minimum atomic E-state index is -4.44. The van der Waals surface area contributed by atoms with Crippen molar-refractivity contribution in [3.05, 3.63) is 30.0 Å². The van der Waals surface area contributed by atoms with E-state index in [2.05, 4.69) is 17.3 Å². The van der Waals surface area contributed by atoms with Gasteiger partial charge in [0.15, 0.2) is 0 Å². The first-order valence-corrected chi connectivity index (χ1v) is 8.18. The molecule has 0 unspecified atom stereocenters. The molecule has 5 nitrogen and oxygen atoms in total. The van der Waals surface area contributed by atoms with Gasteiger partial charge in [0.05, 0.1) is 5.52 Å². The first-order valence-electron chi connectivity index (χ1n) is 8.18. The van der Waals surface area contributed by atoms with E-state index in [-0.39, 0.29) is 11.7 Å². The van der Waals surface area contributed by atoms with E-state index in [1.165, 1.54) is 6.07 Å². The van der Waals surface area contributed by atoms with Gasteiger partial charge in [-0.15, -0.1) is 0 Å². The minimum absolute atomic E-state index is 0.134. The van der Waals surface area contributed by atoms with Gasteiger partial charge < -0.3 is 20.5 Å². The summed E-state index contributed by atoms with van der Waals surface area (Å²) in [6.45, 7) is 0.691. The van der Waals surface area contributed by atoms with Gasteiger partial charge in [-0.2, -0.15) is 13.2 Å². The number of halogens is 3. The number of likely N-dealkylation sites (tertiary alicyclic amines) is 1. The molecule has 1 fully saturated rings. The number of hydrogen-bond donors (Lipinski definition) is 2. The number of alkyl halides is 3. The summed E-state index contributed by atoms with van der Waals surface area (Å²) in [5.74, 6) is -0.870. The van der Waals surface area contributed by atoms with Gasteiger partial charge in [0.1, 0.15) is 12.2 Å². The number of hydrogen-bond acceptors (Lipinski definition) is 3. The second-order valence-corrected chi connectivity index (χ2v) is 6.56. The van der Waals surface area contributed by atoms with Gasteiger partial charge in [-0.3, -0.25) is 4.79 Å². The van der Waals surface area contributed by atoms with Crippen molar-refractivity contribution in [2.24, 2.45) is 5.73 Å². The van der Waals surface area contributed by atoms with Crippen molar-refractivity contribution in [1.82, 2.24) is 9.47 Å². The number of rotatable bonds is 4. The molecule has 0 radical (unpaired) electrons. The Morgan fingerprint density at radius 2 is 2.00 bits per heavy atom. The fraction of sp³-hybridized carbons (Fsp3) is 0.471. The predicted molar refractivity (Wildman–Crippen MR) is 90.7 cm³/mol. The molecule has 25 heavy (non-hydrogen) atoms. The van der Waals surface area contributed by atoms with Crippen LogP contribution < -0.4 is 11.1 Å². The molecule has 1 amide bonds. The lowest BCUT2D eigenvalue weighted by molar-refractivity contribution is -0.140. The topological polar surface area (TPSA) is 63.3 Å². The highest BCUT2D eigenvalue weighted by atomic mass is 19.4. The summed E-state index contributed by atoms with van der Waals surface area (Å²) in [4.78, 5) is 13.9. The van der Waals surface area contributed by atoms with Crippen molar-refractivity contribution in [3.63, 3.8) is 0 Å². The molecule has 8 heteroatoms. The Hall–Kier alpha value is -2.22.